The van der Waals surface area contributed by atoms with Gasteiger partial charge in [-0.05, 0) is 13.8 Å². The van der Waals surface area contributed by atoms with Crippen LogP contribution < -0.4 is 5.73 Å². The first-order chi connectivity index (χ1) is 6.26. The lowest BCUT2D eigenvalue weighted by atomic mass is 9.84. The first-order valence-electron chi connectivity index (χ1n) is 3.90. The van der Waals surface area contributed by atoms with Gasteiger partial charge in [0.15, 0.2) is 11.2 Å². The number of aliphatic carboxylic acids is 1. The van der Waals surface area contributed by atoms with Gasteiger partial charge >= 0.3 is 5.97 Å². The van der Waals surface area contributed by atoms with Crippen LogP contribution in [0.2, 0.25) is 0 Å². The first-order valence-corrected chi connectivity index (χ1v) is 3.90. The highest BCUT2D eigenvalue weighted by Crippen LogP contribution is 2.28. The molecule has 0 spiro atoms. The van der Waals surface area contributed by atoms with E-state index in [1.807, 2.05) is 0 Å². The van der Waals surface area contributed by atoms with Gasteiger partial charge in [0.1, 0.15) is 0 Å². The minimum Gasteiger partial charge on any atom is -0.479 e. The fraction of sp³-hybridized carbons (Fsp3) is 0.750. The second kappa shape index (κ2) is 3.93. The van der Waals surface area contributed by atoms with E-state index in [1.54, 1.807) is 0 Å². The Balaban J connectivity index is 5.37. The summed E-state index contributed by atoms with van der Waals surface area (Å²) in [5, 5.41) is 8.94. The molecule has 0 aromatic rings. The van der Waals surface area contributed by atoms with Gasteiger partial charge in [0, 0.05) is 14.2 Å². The zero-order valence-electron chi connectivity index (χ0n) is 8.66. The highest BCUT2D eigenvalue weighted by Gasteiger charge is 2.56. The van der Waals surface area contributed by atoms with Crippen molar-refractivity contribution in [3.63, 3.8) is 0 Å². The largest absolute Gasteiger partial charge is 0.479 e. The topological polar surface area (TPSA) is 98.9 Å². The summed E-state index contributed by atoms with van der Waals surface area (Å²) < 4.78 is 9.63. The number of carboxylic acid groups (broad SMARTS) is 1. The van der Waals surface area contributed by atoms with E-state index in [4.69, 9.17) is 20.3 Å². The Morgan fingerprint density at radius 2 is 1.50 bits per heavy atom. The Kier molecular flexibility index (Phi) is 3.61. The van der Waals surface area contributed by atoms with Crippen molar-refractivity contribution < 1.29 is 24.2 Å². The van der Waals surface area contributed by atoms with Crippen LogP contribution in [-0.2, 0) is 19.1 Å². The molecule has 0 saturated carbocycles. The monoisotopic (exact) mass is 205 g/mol. The number of carbonyl (C=O) groups excluding carboxylic acids is 1. The van der Waals surface area contributed by atoms with Crippen LogP contribution in [0.15, 0.2) is 0 Å². The number of hydrogen-bond donors (Lipinski definition) is 2. The summed E-state index contributed by atoms with van der Waals surface area (Å²) in [6, 6.07) is 0. The molecule has 0 heterocycles. The third-order valence-electron chi connectivity index (χ3n) is 2.61. The number of ether oxygens (including phenoxy) is 2. The highest BCUT2D eigenvalue weighted by molar-refractivity contribution is 5.93. The molecule has 14 heavy (non-hydrogen) atoms. The zero-order chi connectivity index (χ0) is 11.6. The van der Waals surface area contributed by atoms with Crippen LogP contribution >= 0.6 is 0 Å². The van der Waals surface area contributed by atoms with Crippen molar-refractivity contribution in [2.24, 2.45) is 5.73 Å². The fourth-order valence-corrected chi connectivity index (χ4v) is 1.02. The van der Waals surface area contributed by atoms with Crippen LogP contribution in [0, 0.1) is 0 Å². The fourth-order valence-electron chi connectivity index (χ4n) is 1.02. The molecule has 0 aliphatic carbocycles. The average molecular weight is 205 g/mol. The van der Waals surface area contributed by atoms with Gasteiger partial charge in [0.25, 0.3) is 5.91 Å². The van der Waals surface area contributed by atoms with Gasteiger partial charge in [-0.15, -0.1) is 0 Å². The van der Waals surface area contributed by atoms with Crippen LogP contribution in [0.25, 0.3) is 0 Å². The molecule has 0 rings (SSSR count). The van der Waals surface area contributed by atoms with Gasteiger partial charge < -0.3 is 20.3 Å². The molecule has 82 valence electrons. The van der Waals surface area contributed by atoms with Crippen molar-refractivity contribution >= 4 is 11.9 Å². The quantitative estimate of drug-likeness (QED) is 0.622. The lowest BCUT2D eigenvalue weighted by Gasteiger charge is -2.38. The molecule has 1 amide bonds. The van der Waals surface area contributed by atoms with Gasteiger partial charge in [-0.25, -0.2) is 4.79 Å². The van der Waals surface area contributed by atoms with E-state index in [1.165, 1.54) is 28.1 Å². The highest BCUT2D eigenvalue weighted by atomic mass is 16.6. The number of rotatable bonds is 5. The van der Waals surface area contributed by atoms with Crippen molar-refractivity contribution in [2.75, 3.05) is 14.2 Å². The number of hydrogen-bond acceptors (Lipinski definition) is 4. The second-order valence-electron chi connectivity index (χ2n) is 3.14. The summed E-state index contributed by atoms with van der Waals surface area (Å²) >= 11 is 0. The molecular formula is C8H15NO5. The first kappa shape index (κ1) is 12.9. The predicted octanol–water partition coefficient (Wildman–Crippen LogP) is -0.633. The van der Waals surface area contributed by atoms with Crippen molar-refractivity contribution in [1.29, 1.82) is 0 Å². The van der Waals surface area contributed by atoms with E-state index >= 15 is 0 Å². The van der Waals surface area contributed by atoms with Crippen LogP contribution in [-0.4, -0.2) is 42.4 Å². The Morgan fingerprint density at radius 1 is 1.14 bits per heavy atom. The molecule has 0 radical (unpaired) electrons. The molecular weight excluding hydrogens is 190 g/mol. The van der Waals surface area contributed by atoms with E-state index in [0.717, 1.165) is 0 Å². The number of methoxy groups -OCH3 is 2. The van der Waals surface area contributed by atoms with Gasteiger partial charge in [0.2, 0.25) is 0 Å². The second-order valence-corrected chi connectivity index (χ2v) is 3.14. The minimum atomic E-state index is -1.81. The molecule has 0 aliphatic heterocycles. The smallest absolute Gasteiger partial charge is 0.339 e. The molecule has 6 heteroatoms. The summed E-state index contributed by atoms with van der Waals surface area (Å²) in [4.78, 5) is 22.1. The van der Waals surface area contributed by atoms with Crippen molar-refractivity contribution in [2.45, 2.75) is 25.0 Å². The van der Waals surface area contributed by atoms with Gasteiger partial charge in [0.05, 0.1) is 0 Å². The van der Waals surface area contributed by atoms with Crippen LogP contribution in [0.1, 0.15) is 13.8 Å². The minimum absolute atomic E-state index is 0.897. The molecule has 0 saturated heterocycles. The average Bonchev–Trinajstić information content (AvgIpc) is 2.14. The van der Waals surface area contributed by atoms with Crippen molar-refractivity contribution in [1.82, 2.24) is 0 Å². The third-order valence-corrected chi connectivity index (χ3v) is 2.61. The van der Waals surface area contributed by atoms with Crippen molar-refractivity contribution in [3.8, 4) is 0 Å². The lowest BCUT2D eigenvalue weighted by Crippen LogP contribution is -2.64. The SMILES string of the molecule is COC(C)(C(N)=O)C(C)(OC)C(=O)O. The predicted molar refractivity (Wildman–Crippen MR) is 47.7 cm³/mol. The normalized spacial score (nSPS) is 19.4. The summed E-state index contributed by atoms with van der Waals surface area (Å²) in [7, 11) is 2.37. The molecule has 3 N–H and O–H groups in total. The molecule has 0 aliphatic rings. The standard InChI is InChI=1S/C8H15NO5/c1-7(13-3,5(9)10)8(2,14-4)6(11)12/h1-4H3,(H2,9,10)(H,11,12). The molecule has 0 fully saturated rings. The maximum absolute atomic E-state index is 11.1. The number of amides is 1. The maximum Gasteiger partial charge on any atom is 0.339 e. The number of nitrogens with two attached hydrogens (primary N) is 1. The van der Waals surface area contributed by atoms with E-state index in [9.17, 15) is 9.59 Å². The van der Waals surface area contributed by atoms with E-state index in [2.05, 4.69) is 0 Å². The van der Waals surface area contributed by atoms with Crippen LogP contribution in [0.5, 0.6) is 0 Å². The number of carboxylic acids is 1. The Morgan fingerprint density at radius 3 is 1.57 bits per heavy atom. The Hall–Kier alpha value is -1.14. The summed E-state index contributed by atoms with van der Waals surface area (Å²) in [5.41, 5.74) is 1.55. The van der Waals surface area contributed by atoms with E-state index in [-0.39, 0.29) is 0 Å². The van der Waals surface area contributed by atoms with Gasteiger partial charge in [-0.3, -0.25) is 4.79 Å². The summed E-state index contributed by atoms with van der Waals surface area (Å²) in [5.74, 6) is -2.21. The lowest BCUT2D eigenvalue weighted by molar-refractivity contribution is -0.200. The third kappa shape index (κ3) is 1.58. The Bertz CT molecular complexity index is 228. The zero-order valence-corrected chi connectivity index (χ0v) is 8.66. The summed E-state index contributed by atoms with van der Waals surface area (Å²) in [6.45, 7) is 2.50. The Labute approximate surface area is 82.0 Å². The molecule has 2 unspecified atom stereocenters. The van der Waals surface area contributed by atoms with Crippen LogP contribution in [0.3, 0.4) is 0 Å². The van der Waals surface area contributed by atoms with E-state index in [0.29, 0.717) is 0 Å². The summed E-state index contributed by atoms with van der Waals surface area (Å²) in [6.07, 6.45) is 0. The maximum atomic E-state index is 11.1. The molecule has 0 aromatic heterocycles. The van der Waals surface area contributed by atoms with Gasteiger partial charge in [-0.1, -0.05) is 0 Å². The number of carbonyl (C=O) groups is 2. The molecule has 6 nitrogen and oxygen atoms in total. The molecule has 0 bridgehead atoms. The number of primary amides is 1. The van der Waals surface area contributed by atoms with Gasteiger partial charge in [-0.2, -0.15) is 0 Å². The van der Waals surface area contributed by atoms with Crippen molar-refractivity contribution in [3.05, 3.63) is 0 Å². The van der Waals surface area contributed by atoms with E-state index < -0.39 is 23.1 Å². The van der Waals surface area contributed by atoms with Crippen LogP contribution in [0.4, 0.5) is 0 Å². The molecule has 0 aromatic carbocycles. The molecule has 2 atom stereocenters.